The number of hydrogen-bond donors (Lipinski definition) is 1. The van der Waals surface area contributed by atoms with Crippen molar-refractivity contribution in [3.63, 3.8) is 0 Å². The molecule has 0 radical (unpaired) electrons. The largest absolute Gasteiger partial charge is 0.493 e. The normalized spacial score (nSPS) is 11.4. The fourth-order valence-electron chi connectivity index (χ4n) is 2.44. The van der Waals surface area contributed by atoms with Crippen molar-refractivity contribution in [1.29, 1.82) is 0 Å². The average molecular weight is 341 g/mol. The number of ether oxygens (including phenoxy) is 2. The van der Waals surface area contributed by atoms with Crippen molar-refractivity contribution in [2.45, 2.75) is 25.8 Å². The molecule has 0 heterocycles. The van der Waals surface area contributed by atoms with Crippen LogP contribution in [0.2, 0.25) is 0 Å². The molecule has 1 N–H and O–H groups in total. The van der Waals surface area contributed by atoms with Crippen molar-refractivity contribution in [2.24, 2.45) is 0 Å². The SMILES string of the molecule is COc1ccc(C=O)cc1OCC(=O)N[C@@H](C)CCc1ccccc1. The Morgan fingerprint density at radius 1 is 1.16 bits per heavy atom. The molecule has 2 aromatic carbocycles. The summed E-state index contributed by atoms with van der Waals surface area (Å²) in [6.07, 6.45) is 2.47. The van der Waals surface area contributed by atoms with E-state index in [0.717, 1.165) is 19.1 Å². The third-order valence-corrected chi connectivity index (χ3v) is 3.80. The van der Waals surface area contributed by atoms with Gasteiger partial charge in [-0.3, -0.25) is 9.59 Å². The second-order valence-electron chi connectivity index (χ2n) is 5.81. The molecule has 1 amide bonds. The highest BCUT2D eigenvalue weighted by molar-refractivity contribution is 5.78. The molecule has 0 saturated heterocycles. The highest BCUT2D eigenvalue weighted by Gasteiger charge is 2.11. The van der Waals surface area contributed by atoms with Gasteiger partial charge in [-0.25, -0.2) is 0 Å². The zero-order valence-electron chi connectivity index (χ0n) is 14.5. The molecular formula is C20H23NO4. The van der Waals surface area contributed by atoms with E-state index in [4.69, 9.17) is 9.47 Å². The molecule has 0 bridgehead atoms. The summed E-state index contributed by atoms with van der Waals surface area (Å²) in [7, 11) is 1.51. The standard InChI is InChI=1S/C20H23NO4/c1-15(8-9-16-6-4-3-5-7-16)21-20(23)14-25-19-12-17(13-22)10-11-18(19)24-2/h3-7,10-13,15H,8-9,14H2,1-2H3,(H,21,23)/t15-/m0/s1. The summed E-state index contributed by atoms with van der Waals surface area (Å²) in [6.45, 7) is 1.84. The van der Waals surface area contributed by atoms with Gasteiger partial charge in [-0.05, 0) is 43.5 Å². The van der Waals surface area contributed by atoms with E-state index in [-0.39, 0.29) is 18.6 Å². The monoisotopic (exact) mass is 341 g/mol. The van der Waals surface area contributed by atoms with Crippen molar-refractivity contribution < 1.29 is 19.1 Å². The summed E-state index contributed by atoms with van der Waals surface area (Å²) in [5.74, 6) is 0.647. The Labute approximate surface area is 148 Å². The van der Waals surface area contributed by atoms with E-state index in [1.807, 2.05) is 25.1 Å². The smallest absolute Gasteiger partial charge is 0.258 e. The van der Waals surface area contributed by atoms with Crippen LogP contribution in [0, 0.1) is 0 Å². The lowest BCUT2D eigenvalue weighted by molar-refractivity contribution is -0.123. The fourth-order valence-corrected chi connectivity index (χ4v) is 2.44. The van der Waals surface area contributed by atoms with Gasteiger partial charge in [0.1, 0.15) is 6.29 Å². The first-order valence-corrected chi connectivity index (χ1v) is 8.21. The van der Waals surface area contributed by atoms with Crippen LogP contribution in [0.4, 0.5) is 0 Å². The molecule has 2 aromatic rings. The molecule has 0 aromatic heterocycles. The number of methoxy groups -OCH3 is 1. The highest BCUT2D eigenvalue weighted by Crippen LogP contribution is 2.27. The summed E-state index contributed by atoms with van der Waals surface area (Å²) in [5, 5.41) is 2.91. The highest BCUT2D eigenvalue weighted by atomic mass is 16.5. The molecule has 0 unspecified atom stereocenters. The van der Waals surface area contributed by atoms with E-state index in [1.165, 1.54) is 12.7 Å². The van der Waals surface area contributed by atoms with Crippen LogP contribution in [-0.4, -0.2) is 32.0 Å². The Balaban J connectivity index is 1.81. The van der Waals surface area contributed by atoms with Crippen LogP contribution in [0.5, 0.6) is 11.5 Å². The lowest BCUT2D eigenvalue weighted by Gasteiger charge is -2.15. The van der Waals surface area contributed by atoms with Crippen LogP contribution >= 0.6 is 0 Å². The number of rotatable bonds is 9. The van der Waals surface area contributed by atoms with Crippen LogP contribution in [0.3, 0.4) is 0 Å². The van der Waals surface area contributed by atoms with Gasteiger partial charge in [-0.1, -0.05) is 30.3 Å². The zero-order chi connectivity index (χ0) is 18.1. The maximum atomic E-state index is 12.0. The van der Waals surface area contributed by atoms with Gasteiger partial charge < -0.3 is 14.8 Å². The Kier molecular flexibility index (Phi) is 7.01. The quantitative estimate of drug-likeness (QED) is 0.712. The van der Waals surface area contributed by atoms with Crippen LogP contribution < -0.4 is 14.8 Å². The minimum absolute atomic E-state index is 0.0412. The Bertz CT molecular complexity index is 700. The molecule has 2 rings (SSSR count). The third-order valence-electron chi connectivity index (χ3n) is 3.80. The van der Waals surface area contributed by atoms with Gasteiger partial charge in [-0.2, -0.15) is 0 Å². The molecule has 0 fully saturated rings. The van der Waals surface area contributed by atoms with Gasteiger partial charge in [0.25, 0.3) is 5.91 Å². The summed E-state index contributed by atoms with van der Waals surface area (Å²) in [4.78, 5) is 22.9. The van der Waals surface area contributed by atoms with Crippen molar-refractivity contribution in [1.82, 2.24) is 5.32 Å². The predicted octanol–water partition coefficient (Wildman–Crippen LogP) is 3.02. The topological polar surface area (TPSA) is 64.6 Å². The molecule has 5 heteroatoms. The first-order chi connectivity index (χ1) is 12.1. The van der Waals surface area contributed by atoms with Crippen LogP contribution in [-0.2, 0) is 11.2 Å². The molecule has 25 heavy (non-hydrogen) atoms. The van der Waals surface area contributed by atoms with Crippen LogP contribution in [0.1, 0.15) is 29.3 Å². The van der Waals surface area contributed by atoms with Crippen LogP contribution in [0.25, 0.3) is 0 Å². The summed E-state index contributed by atoms with van der Waals surface area (Å²) in [6, 6.07) is 15.0. The van der Waals surface area contributed by atoms with E-state index in [9.17, 15) is 9.59 Å². The van der Waals surface area contributed by atoms with E-state index in [2.05, 4.69) is 17.4 Å². The first-order valence-electron chi connectivity index (χ1n) is 8.21. The molecular weight excluding hydrogens is 318 g/mol. The maximum Gasteiger partial charge on any atom is 0.258 e. The van der Waals surface area contributed by atoms with E-state index >= 15 is 0 Å². The average Bonchev–Trinajstić information content (AvgIpc) is 2.65. The van der Waals surface area contributed by atoms with Gasteiger partial charge in [0.05, 0.1) is 7.11 Å². The van der Waals surface area contributed by atoms with Gasteiger partial charge in [-0.15, -0.1) is 0 Å². The Hall–Kier alpha value is -2.82. The molecule has 132 valence electrons. The van der Waals surface area contributed by atoms with Gasteiger partial charge >= 0.3 is 0 Å². The predicted molar refractivity (Wildman–Crippen MR) is 96.2 cm³/mol. The second kappa shape index (κ2) is 9.47. The summed E-state index contributed by atoms with van der Waals surface area (Å²) >= 11 is 0. The van der Waals surface area contributed by atoms with Gasteiger partial charge in [0.15, 0.2) is 18.1 Å². The lowest BCUT2D eigenvalue weighted by atomic mass is 10.1. The van der Waals surface area contributed by atoms with Gasteiger partial charge in [0, 0.05) is 11.6 Å². The molecule has 0 aliphatic rings. The maximum absolute atomic E-state index is 12.0. The number of aryl methyl sites for hydroxylation is 1. The van der Waals surface area contributed by atoms with E-state index in [0.29, 0.717) is 17.1 Å². The summed E-state index contributed by atoms with van der Waals surface area (Å²) in [5.41, 5.74) is 1.71. The Morgan fingerprint density at radius 2 is 1.92 bits per heavy atom. The van der Waals surface area contributed by atoms with Crippen molar-refractivity contribution in [3.05, 3.63) is 59.7 Å². The molecule has 5 nitrogen and oxygen atoms in total. The minimum Gasteiger partial charge on any atom is -0.493 e. The van der Waals surface area contributed by atoms with Crippen molar-refractivity contribution >= 4 is 12.2 Å². The second-order valence-corrected chi connectivity index (χ2v) is 5.81. The number of hydrogen-bond acceptors (Lipinski definition) is 4. The molecule has 0 spiro atoms. The van der Waals surface area contributed by atoms with E-state index in [1.54, 1.807) is 18.2 Å². The molecule has 1 atom stereocenters. The lowest BCUT2D eigenvalue weighted by Crippen LogP contribution is -2.36. The Morgan fingerprint density at radius 3 is 2.60 bits per heavy atom. The summed E-state index contributed by atoms with van der Waals surface area (Å²) < 4.78 is 10.7. The molecule has 0 saturated carbocycles. The fraction of sp³-hybridized carbons (Fsp3) is 0.300. The molecule has 0 aliphatic carbocycles. The van der Waals surface area contributed by atoms with Crippen molar-refractivity contribution in [3.8, 4) is 11.5 Å². The first kappa shape index (κ1) is 18.5. The number of carbonyl (C=O) groups is 2. The minimum atomic E-state index is -0.209. The number of aldehydes is 1. The number of benzene rings is 2. The number of nitrogens with one attached hydrogen (secondary N) is 1. The van der Waals surface area contributed by atoms with Crippen molar-refractivity contribution in [2.75, 3.05) is 13.7 Å². The third kappa shape index (κ3) is 5.95. The van der Waals surface area contributed by atoms with Gasteiger partial charge in [0.2, 0.25) is 0 Å². The van der Waals surface area contributed by atoms with Crippen LogP contribution in [0.15, 0.2) is 48.5 Å². The zero-order valence-corrected chi connectivity index (χ0v) is 14.5. The van der Waals surface area contributed by atoms with E-state index < -0.39 is 0 Å². The number of carbonyl (C=O) groups excluding carboxylic acids is 2. The number of amides is 1. The molecule has 0 aliphatic heterocycles.